The standard InChI is InChI=1S/C22H21NO7/c1-2-27-22(26)21-17(16-10-6-7-11-18(16)30-21)13-29-20(25)12-23-19(24)14-28-15-8-4-3-5-9-15/h3-11H,2,12-14H2,1H3,(H,23,24). The number of furan rings is 1. The lowest BCUT2D eigenvalue weighted by molar-refractivity contribution is -0.145. The van der Waals surface area contributed by atoms with Crippen LogP contribution in [0.3, 0.4) is 0 Å². The van der Waals surface area contributed by atoms with Crippen LogP contribution in [0.15, 0.2) is 59.0 Å². The van der Waals surface area contributed by atoms with Crippen LogP contribution in [0.4, 0.5) is 0 Å². The third-order valence-electron chi connectivity index (χ3n) is 4.08. The van der Waals surface area contributed by atoms with E-state index in [0.717, 1.165) is 0 Å². The molecule has 1 heterocycles. The Balaban J connectivity index is 1.54. The van der Waals surface area contributed by atoms with Crippen LogP contribution in [0, 0.1) is 0 Å². The monoisotopic (exact) mass is 411 g/mol. The van der Waals surface area contributed by atoms with Crippen LogP contribution in [0.1, 0.15) is 23.0 Å². The van der Waals surface area contributed by atoms with Crippen molar-refractivity contribution < 1.29 is 33.0 Å². The summed E-state index contributed by atoms with van der Waals surface area (Å²) in [6.07, 6.45) is 0. The second-order valence-corrected chi connectivity index (χ2v) is 6.17. The van der Waals surface area contributed by atoms with Gasteiger partial charge in [0.15, 0.2) is 6.61 Å². The third kappa shape index (κ3) is 5.38. The summed E-state index contributed by atoms with van der Waals surface area (Å²) in [7, 11) is 0. The van der Waals surface area contributed by atoms with Crippen molar-refractivity contribution in [3.8, 4) is 5.75 Å². The minimum absolute atomic E-state index is 0.00820. The molecule has 3 rings (SSSR count). The molecule has 0 aliphatic heterocycles. The molecular weight excluding hydrogens is 390 g/mol. The van der Waals surface area contributed by atoms with E-state index in [9.17, 15) is 14.4 Å². The SMILES string of the molecule is CCOC(=O)c1oc2ccccc2c1COC(=O)CNC(=O)COc1ccccc1. The van der Waals surface area contributed by atoms with E-state index >= 15 is 0 Å². The molecule has 0 unspecified atom stereocenters. The lowest BCUT2D eigenvalue weighted by Crippen LogP contribution is -2.34. The van der Waals surface area contributed by atoms with Gasteiger partial charge in [0.05, 0.1) is 12.2 Å². The van der Waals surface area contributed by atoms with Gasteiger partial charge in [-0.3, -0.25) is 9.59 Å². The number of hydrogen-bond acceptors (Lipinski definition) is 7. The van der Waals surface area contributed by atoms with Gasteiger partial charge >= 0.3 is 11.9 Å². The van der Waals surface area contributed by atoms with Crippen LogP contribution in [0.25, 0.3) is 11.0 Å². The zero-order chi connectivity index (χ0) is 21.3. The minimum Gasteiger partial charge on any atom is -0.484 e. The molecule has 0 saturated heterocycles. The molecule has 0 bridgehead atoms. The summed E-state index contributed by atoms with van der Waals surface area (Å²) in [6.45, 7) is 1.12. The van der Waals surface area contributed by atoms with E-state index in [1.54, 1.807) is 55.5 Å². The Kier molecular flexibility index (Phi) is 7.05. The number of para-hydroxylation sites is 2. The van der Waals surface area contributed by atoms with Gasteiger partial charge in [-0.1, -0.05) is 36.4 Å². The average molecular weight is 411 g/mol. The molecule has 0 atom stereocenters. The van der Waals surface area contributed by atoms with E-state index in [4.69, 9.17) is 18.6 Å². The number of carbonyl (C=O) groups is 3. The van der Waals surface area contributed by atoms with Crippen LogP contribution < -0.4 is 10.1 Å². The minimum atomic E-state index is -0.664. The van der Waals surface area contributed by atoms with Crippen LogP contribution in [-0.4, -0.2) is 37.6 Å². The zero-order valence-electron chi connectivity index (χ0n) is 16.4. The largest absolute Gasteiger partial charge is 0.484 e. The maximum absolute atomic E-state index is 12.2. The first-order valence-electron chi connectivity index (χ1n) is 9.36. The lowest BCUT2D eigenvalue weighted by Gasteiger charge is -2.08. The lowest BCUT2D eigenvalue weighted by atomic mass is 10.1. The summed E-state index contributed by atoms with van der Waals surface area (Å²) in [5, 5.41) is 3.07. The number of nitrogens with one attached hydrogen (secondary N) is 1. The highest BCUT2D eigenvalue weighted by molar-refractivity contribution is 5.96. The van der Waals surface area contributed by atoms with E-state index in [0.29, 0.717) is 22.3 Å². The molecule has 8 heteroatoms. The zero-order valence-corrected chi connectivity index (χ0v) is 16.4. The molecule has 2 aromatic carbocycles. The molecule has 1 N–H and O–H groups in total. The van der Waals surface area contributed by atoms with E-state index < -0.39 is 17.8 Å². The van der Waals surface area contributed by atoms with Gasteiger partial charge in [-0.2, -0.15) is 0 Å². The smallest absolute Gasteiger partial charge is 0.374 e. The van der Waals surface area contributed by atoms with Gasteiger partial charge in [-0.15, -0.1) is 0 Å². The Bertz CT molecular complexity index is 1030. The van der Waals surface area contributed by atoms with Crippen molar-refractivity contribution in [3.05, 3.63) is 65.9 Å². The highest BCUT2D eigenvalue weighted by Gasteiger charge is 2.22. The maximum atomic E-state index is 12.2. The third-order valence-corrected chi connectivity index (χ3v) is 4.08. The molecule has 156 valence electrons. The first kappa shape index (κ1) is 20.9. The fraction of sp³-hybridized carbons (Fsp3) is 0.227. The van der Waals surface area contributed by atoms with Crippen molar-refractivity contribution in [1.82, 2.24) is 5.32 Å². The van der Waals surface area contributed by atoms with Crippen molar-refractivity contribution in [1.29, 1.82) is 0 Å². The van der Waals surface area contributed by atoms with Crippen molar-refractivity contribution in [2.24, 2.45) is 0 Å². The Morgan fingerprint density at radius 3 is 2.47 bits per heavy atom. The molecule has 30 heavy (non-hydrogen) atoms. The van der Waals surface area contributed by atoms with Crippen molar-refractivity contribution in [2.45, 2.75) is 13.5 Å². The highest BCUT2D eigenvalue weighted by Crippen LogP contribution is 2.27. The number of benzene rings is 2. The van der Waals surface area contributed by atoms with Gasteiger partial charge in [0, 0.05) is 5.39 Å². The summed E-state index contributed by atoms with van der Waals surface area (Å²) >= 11 is 0. The second kappa shape index (κ2) is 10.1. The summed E-state index contributed by atoms with van der Waals surface area (Å²) < 4.78 is 21.1. The fourth-order valence-electron chi connectivity index (χ4n) is 2.69. The number of esters is 2. The highest BCUT2D eigenvalue weighted by atomic mass is 16.5. The number of amides is 1. The molecule has 1 aromatic heterocycles. The first-order chi connectivity index (χ1) is 14.6. The Morgan fingerprint density at radius 1 is 0.967 bits per heavy atom. The Labute approximate surface area is 172 Å². The van der Waals surface area contributed by atoms with Gasteiger partial charge in [-0.25, -0.2) is 4.79 Å². The van der Waals surface area contributed by atoms with Crippen LogP contribution in [-0.2, 0) is 25.7 Å². The molecule has 0 saturated carbocycles. The average Bonchev–Trinajstić information content (AvgIpc) is 3.14. The number of rotatable bonds is 9. The maximum Gasteiger partial charge on any atom is 0.374 e. The Hall–Kier alpha value is -3.81. The molecule has 3 aromatic rings. The van der Waals surface area contributed by atoms with Crippen molar-refractivity contribution in [3.63, 3.8) is 0 Å². The van der Waals surface area contributed by atoms with E-state index in [1.807, 2.05) is 6.07 Å². The summed E-state index contributed by atoms with van der Waals surface area (Å²) in [5.74, 6) is -1.22. The number of hydrogen-bond donors (Lipinski definition) is 1. The predicted octanol–water partition coefficient (Wildman–Crippen LogP) is 2.85. The predicted molar refractivity (Wildman–Crippen MR) is 107 cm³/mol. The van der Waals surface area contributed by atoms with Gasteiger partial charge in [0.25, 0.3) is 5.91 Å². The van der Waals surface area contributed by atoms with E-state index in [-0.39, 0.29) is 32.1 Å². The number of ether oxygens (including phenoxy) is 3. The van der Waals surface area contributed by atoms with E-state index in [1.165, 1.54) is 0 Å². The van der Waals surface area contributed by atoms with Crippen molar-refractivity contribution >= 4 is 28.8 Å². The molecule has 8 nitrogen and oxygen atoms in total. The molecular formula is C22H21NO7. The van der Waals surface area contributed by atoms with E-state index in [2.05, 4.69) is 5.32 Å². The number of fused-ring (bicyclic) bond motifs is 1. The molecule has 0 aliphatic rings. The first-order valence-corrected chi connectivity index (χ1v) is 9.36. The van der Waals surface area contributed by atoms with Crippen LogP contribution in [0.5, 0.6) is 5.75 Å². The van der Waals surface area contributed by atoms with Gasteiger partial charge in [0.1, 0.15) is 24.5 Å². The summed E-state index contributed by atoms with van der Waals surface area (Å²) in [6, 6.07) is 15.9. The van der Waals surface area contributed by atoms with Gasteiger partial charge < -0.3 is 23.9 Å². The quantitative estimate of drug-likeness (QED) is 0.540. The number of carbonyl (C=O) groups excluding carboxylic acids is 3. The molecule has 0 aliphatic carbocycles. The van der Waals surface area contributed by atoms with Crippen LogP contribution >= 0.6 is 0 Å². The summed E-state index contributed by atoms with van der Waals surface area (Å²) in [4.78, 5) is 36.0. The van der Waals surface area contributed by atoms with Gasteiger partial charge in [0.2, 0.25) is 5.76 Å². The van der Waals surface area contributed by atoms with Crippen molar-refractivity contribution in [2.75, 3.05) is 19.8 Å². The Morgan fingerprint density at radius 2 is 1.70 bits per heavy atom. The van der Waals surface area contributed by atoms with Crippen LogP contribution in [0.2, 0.25) is 0 Å². The molecule has 0 fully saturated rings. The molecule has 1 amide bonds. The summed E-state index contributed by atoms with van der Waals surface area (Å²) in [5.41, 5.74) is 0.897. The topological polar surface area (TPSA) is 104 Å². The fourth-order valence-corrected chi connectivity index (χ4v) is 2.69. The molecule has 0 radical (unpaired) electrons. The van der Waals surface area contributed by atoms with Gasteiger partial charge in [-0.05, 0) is 25.1 Å². The normalized spacial score (nSPS) is 10.4. The molecule has 0 spiro atoms. The second-order valence-electron chi connectivity index (χ2n) is 6.17.